The predicted molar refractivity (Wildman–Crippen MR) is 92.3 cm³/mol. The third-order valence-corrected chi connectivity index (χ3v) is 4.02. The largest absolute Gasteiger partial charge is 0.497 e. The standard InChI is InChI=1S/C19H15N3O2/c1-24-14-5-2-4-12(8-14)18(23)16-11-22-19-15(16)9-13(10-21-19)17-6-3-7-20-17/h2-11,20H,1H3,(H,21,22). The van der Waals surface area contributed by atoms with Crippen molar-refractivity contribution in [3.63, 3.8) is 0 Å². The molecule has 0 aliphatic heterocycles. The Morgan fingerprint density at radius 1 is 1.12 bits per heavy atom. The van der Waals surface area contributed by atoms with Crippen LogP contribution >= 0.6 is 0 Å². The van der Waals surface area contributed by atoms with Gasteiger partial charge in [0, 0.05) is 46.4 Å². The lowest BCUT2D eigenvalue weighted by atomic mass is 10.0. The molecular weight excluding hydrogens is 302 g/mol. The molecule has 0 unspecified atom stereocenters. The summed E-state index contributed by atoms with van der Waals surface area (Å²) >= 11 is 0. The number of hydrogen-bond donors (Lipinski definition) is 2. The molecule has 0 radical (unpaired) electrons. The Bertz CT molecular complexity index is 1020. The molecule has 1 aromatic carbocycles. The molecule has 3 aromatic heterocycles. The number of carbonyl (C=O) groups is 1. The number of fused-ring (bicyclic) bond motifs is 1. The molecule has 0 saturated carbocycles. The fourth-order valence-electron chi connectivity index (χ4n) is 2.77. The van der Waals surface area contributed by atoms with Crippen molar-refractivity contribution in [2.45, 2.75) is 0 Å². The first-order valence-corrected chi connectivity index (χ1v) is 7.56. The average Bonchev–Trinajstić information content (AvgIpc) is 3.30. The van der Waals surface area contributed by atoms with Gasteiger partial charge in [-0.15, -0.1) is 0 Å². The maximum atomic E-state index is 12.9. The highest BCUT2D eigenvalue weighted by molar-refractivity contribution is 6.16. The van der Waals surface area contributed by atoms with E-state index in [1.54, 1.807) is 31.6 Å². The van der Waals surface area contributed by atoms with E-state index in [1.807, 2.05) is 36.5 Å². The molecule has 0 atom stereocenters. The van der Waals surface area contributed by atoms with Crippen molar-refractivity contribution < 1.29 is 9.53 Å². The number of carbonyl (C=O) groups excluding carboxylic acids is 1. The van der Waals surface area contributed by atoms with Crippen molar-refractivity contribution in [2.24, 2.45) is 0 Å². The summed E-state index contributed by atoms with van der Waals surface area (Å²) in [6.45, 7) is 0. The maximum Gasteiger partial charge on any atom is 0.195 e. The van der Waals surface area contributed by atoms with Crippen molar-refractivity contribution in [2.75, 3.05) is 7.11 Å². The van der Waals surface area contributed by atoms with Gasteiger partial charge in [-0.2, -0.15) is 0 Å². The number of nitrogens with zero attached hydrogens (tertiary/aromatic N) is 1. The van der Waals surface area contributed by atoms with Gasteiger partial charge >= 0.3 is 0 Å². The van der Waals surface area contributed by atoms with Gasteiger partial charge in [0.05, 0.1) is 7.11 Å². The highest BCUT2D eigenvalue weighted by atomic mass is 16.5. The molecule has 0 aliphatic rings. The number of aromatic nitrogens is 3. The quantitative estimate of drug-likeness (QED) is 0.562. The summed E-state index contributed by atoms with van der Waals surface area (Å²) in [5.74, 6) is 0.594. The zero-order valence-electron chi connectivity index (χ0n) is 13.0. The molecule has 3 heterocycles. The monoisotopic (exact) mass is 317 g/mol. The van der Waals surface area contributed by atoms with Gasteiger partial charge in [-0.3, -0.25) is 4.79 Å². The van der Waals surface area contributed by atoms with E-state index in [1.165, 1.54) is 0 Å². The lowest BCUT2D eigenvalue weighted by molar-refractivity contribution is 0.104. The maximum absolute atomic E-state index is 12.9. The molecular formula is C19H15N3O2. The molecule has 0 amide bonds. The number of methoxy groups -OCH3 is 1. The van der Waals surface area contributed by atoms with Gasteiger partial charge in [0.25, 0.3) is 0 Å². The molecule has 5 nitrogen and oxygen atoms in total. The Morgan fingerprint density at radius 3 is 2.83 bits per heavy atom. The van der Waals surface area contributed by atoms with E-state index in [0.717, 1.165) is 16.6 Å². The highest BCUT2D eigenvalue weighted by Crippen LogP contribution is 2.26. The summed E-state index contributed by atoms with van der Waals surface area (Å²) in [5.41, 5.74) is 3.77. The van der Waals surface area contributed by atoms with Crippen LogP contribution in [-0.2, 0) is 0 Å². The van der Waals surface area contributed by atoms with Crippen LogP contribution in [0.3, 0.4) is 0 Å². The predicted octanol–water partition coefficient (Wildman–Crippen LogP) is 3.80. The van der Waals surface area contributed by atoms with Crippen LogP contribution < -0.4 is 4.74 Å². The molecule has 5 heteroatoms. The van der Waals surface area contributed by atoms with Crippen molar-refractivity contribution in [1.29, 1.82) is 0 Å². The van der Waals surface area contributed by atoms with Crippen LogP contribution in [0.2, 0.25) is 0 Å². The molecule has 2 N–H and O–H groups in total. The number of aromatic amines is 2. The van der Waals surface area contributed by atoms with Crippen molar-refractivity contribution in [3.8, 4) is 17.0 Å². The smallest absolute Gasteiger partial charge is 0.195 e. The van der Waals surface area contributed by atoms with Gasteiger partial charge in [0.2, 0.25) is 0 Å². The van der Waals surface area contributed by atoms with Gasteiger partial charge in [-0.05, 0) is 30.3 Å². The Balaban J connectivity index is 1.81. The Morgan fingerprint density at radius 2 is 2.04 bits per heavy atom. The third kappa shape index (κ3) is 2.36. The van der Waals surface area contributed by atoms with E-state index in [-0.39, 0.29) is 5.78 Å². The molecule has 4 rings (SSSR count). The van der Waals surface area contributed by atoms with Crippen LogP contribution in [0.5, 0.6) is 5.75 Å². The van der Waals surface area contributed by atoms with E-state index in [2.05, 4.69) is 15.0 Å². The molecule has 0 spiro atoms. The Labute approximate surface area is 138 Å². The van der Waals surface area contributed by atoms with E-state index in [9.17, 15) is 4.79 Å². The number of ketones is 1. The minimum Gasteiger partial charge on any atom is -0.497 e. The van der Waals surface area contributed by atoms with Crippen LogP contribution in [0, 0.1) is 0 Å². The number of pyridine rings is 1. The minimum atomic E-state index is -0.0643. The fraction of sp³-hybridized carbons (Fsp3) is 0.0526. The number of hydrogen-bond acceptors (Lipinski definition) is 3. The first-order chi connectivity index (χ1) is 11.8. The van der Waals surface area contributed by atoms with E-state index in [0.29, 0.717) is 22.5 Å². The summed E-state index contributed by atoms with van der Waals surface area (Å²) in [6, 6.07) is 13.0. The lowest BCUT2D eigenvalue weighted by Crippen LogP contribution is -2.00. The lowest BCUT2D eigenvalue weighted by Gasteiger charge is -2.04. The van der Waals surface area contributed by atoms with Crippen LogP contribution in [0.1, 0.15) is 15.9 Å². The van der Waals surface area contributed by atoms with Crippen LogP contribution in [0.15, 0.2) is 61.1 Å². The molecule has 24 heavy (non-hydrogen) atoms. The number of H-pyrrole nitrogens is 2. The van der Waals surface area contributed by atoms with Gasteiger partial charge in [0.15, 0.2) is 5.78 Å². The summed E-state index contributed by atoms with van der Waals surface area (Å²) in [7, 11) is 1.59. The van der Waals surface area contributed by atoms with Gasteiger partial charge < -0.3 is 14.7 Å². The SMILES string of the molecule is COc1cccc(C(=O)c2c[nH]c3ncc(-c4ccc[nH]4)cc23)c1. The zero-order chi connectivity index (χ0) is 16.5. The summed E-state index contributed by atoms with van der Waals surface area (Å²) in [4.78, 5) is 23.5. The van der Waals surface area contributed by atoms with E-state index < -0.39 is 0 Å². The van der Waals surface area contributed by atoms with E-state index in [4.69, 9.17) is 4.74 Å². The van der Waals surface area contributed by atoms with Crippen molar-refractivity contribution in [3.05, 3.63) is 72.2 Å². The number of benzene rings is 1. The zero-order valence-corrected chi connectivity index (χ0v) is 13.0. The highest BCUT2D eigenvalue weighted by Gasteiger charge is 2.16. The minimum absolute atomic E-state index is 0.0643. The Kier molecular flexibility index (Phi) is 3.39. The second-order valence-electron chi connectivity index (χ2n) is 5.47. The number of nitrogens with one attached hydrogen (secondary N) is 2. The first kappa shape index (κ1) is 14.3. The second-order valence-corrected chi connectivity index (χ2v) is 5.47. The first-order valence-electron chi connectivity index (χ1n) is 7.56. The topological polar surface area (TPSA) is 70.8 Å². The van der Waals surface area contributed by atoms with Crippen LogP contribution in [0.25, 0.3) is 22.3 Å². The number of ether oxygens (including phenoxy) is 1. The van der Waals surface area contributed by atoms with Crippen LogP contribution in [0.4, 0.5) is 0 Å². The van der Waals surface area contributed by atoms with Crippen LogP contribution in [-0.4, -0.2) is 27.8 Å². The van der Waals surface area contributed by atoms with Gasteiger partial charge in [-0.25, -0.2) is 4.98 Å². The average molecular weight is 317 g/mol. The van der Waals surface area contributed by atoms with E-state index >= 15 is 0 Å². The molecule has 0 fully saturated rings. The van der Waals surface area contributed by atoms with Crippen molar-refractivity contribution >= 4 is 16.8 Å². The van der Waals surface area contributed by atoms with Crippen molar-refractivity contribution in [1.82, 2.24) is 15.0 Å². The van der Waals surface area contributed by atoms with Gasteiger partial charge in [0.1, 0.15) is 11.4 Å². The molecule has 118 valence electrons. The summed E-state index contributed by atoms with van der Waals surface area (Å²) in [5, 5.41) is 0.801. The fourth-order valence-corrected chi connectivity index (χ4v) is 2.77. The summed E-state index contributed by atoms with van der Waals surface area (Å²) in [6.07, 6.45) is 5.35. The normalized spacial score (nSPS) is 10.9. The molecule has 0 aliphatic carbocycles. The van der Waals surface area contributed by atoms with Gasteiger partial charge in [-0.1, -0.05) is 12.1 Å². The molecule has 0 saturated heterocycles. The summed E-state index contributed by atoms with van der Waals surface area (Å²) < 4.78 is 5.20. The third-order valence-electron chi connectivity index (χ3n) is 4.02. The second kappa shape index (κ2) is 5.70. The molecule has 0 bridgehead atoms. The number of rotatable bonds is 4. The Hall–Kier alpha value is -3.34. The molecule has 4 aromatic rings.